The average Bonchev–Trinajstić information content (AvgIpc) is 3.08. The first-order valence-electron chi connectivity index (χ1n) is 14.4. The molecule has 0 aliphatic carbocycles. The van der Waals surface area contributed by atoms with Crippen LogP contribution in [0.3, 0.4) is 0 Å². The number of aromatic nitrogens is 1. The summed E-state index contributed by atoms with van der Waals surface area (Å²) in [5.41, 5.74) is 10.2. The molecule has 1 aromatic heterocycles. The average molecular weight is 552 g/mol. The molecule has 0 aliphatic rings. The van der Waals surface area contributed by atoms with Gasteiger partial charge in [-0.2, -0.15) is 0 Å². The standard InChI is InChI=1S/C40H29N3/c1-41-40(32-9-3-2-4-10-32)43-27-28-16-18-30(19-17-28)37-25-33-11-5-6-12-34(33)26-38(37)31-22-20-29(21-23-31)35-13-7-15-39-36(35)14-8-24-42-39/h2-26H,1,27H2. The number of rotatable bonds is 6. The van der Waals surface area contributed by atoms with E-state index >= 15 is 0 Å². The second kappa shape index (κ2) is 11.7. The lowest BCUT2D eigenvalue weighted by molar-refractivity contribution is 1.06. The van der Waals surface area contributed by atoms with Crippen LogP contribution >= 0.6 is 0 Å². The van der Waals surface area contributed by atoms with Crippen molar-refractivity contribution in [3.63, 3.8) is 0 Å². The van der Waals surface area contributed by atoms with Gasteiger partial charge in [0.05, 0.1) is 12.1 Å². The summed E-state index contributed by atoms with van der Waals surface area (Å²) >= 11 is 0. The van der Waals surface area contributed by atoms with Crippen LogP contribution in [-0.4, -0.2) is 17.5 Å². The maximum atomic E-state index is 4.73. The van der Waals surface area contributed by atoms with Gasteiger partial charge in [0.25, 0.3) is 0 Å². The van der Waals surface area contributed by atoms with Gasteiger partial charge in [-0.15, -0.1) is 0 Å². The third-order valence-corrected chi connectivity index (χ3v) is 7.90. The normalized spacial score (nSPS) is 11.6. The predicted molar refractivity (Wildman–Crippen MR) is 182 cm³/mol. The van der Waals surface area contributed by atoms with Crippen LogP contribution in [0.15, 0.2) is 162 Å². The fourth-order valence-electron chi connectivity index (χ4n) is 5.68. The summed E-state index contributed by atoms with van der Waals surface area (Å²) in [6.07, 6.45) is 1.84. The van der Waals surface area contributed by atoms with Crippen LogP contribution in [0.4, 0.5) is 0 Å². The van der Waals surface area contributed by atoms with E-state index in [4.69, 9.17) is 4.99 Å². The lowest BCUT2D eigenvalue weighted by atomic mass is 9.90. The molecule has 0 bridgehead atoms. The van der Waals surface area contributed by atoms with Crippen molar-refractivity contribution in [2.75, 3.05) is 0 Å². The molecule has 6 aromatic carbocycles. The smallest absolute Gasteiger partial charge is 0.154 e. The Bertz CT molecular complexity index is 2090. The van der Waals surface area contributed by atoms with E-state index in [1.54, 1.807) is 0 Å². The van der Waals surface area contributed by atoms with Crippen LogP contribution in [0.5, 0.6) is 0 Å². The molecule has 1 heterocycles. The summed E-state index contributed by atoms with van der Waals surface area (Å²) in [6.45, 7) is 4.26. The summed E-state index contributed by atoms with van der Waals surface area (Å²) in [6, 6.07) is 51.2. The molecule has 0 unspecified atom stereocenters. The van der Waals surface area contributed by atoms with Gasteiger partial charge < -0.3 is 0 Å². The fourth-order valence-corrected chi connectivity index (χ4v) is 5.68. The number of benzene rings is 6. The Labute approximate surface area is 251 Å². The van der Waals surface area contributed by atoms with Gasteiger partial charge in [-0.3, -0.25) is 9.98 Å². The van der Waals surface area contributed by atoms with Crippen molar-refractivity contribution in [3.05, 3.63) is 163 Å². The Morgan fingerprint density at radius 1 is 0.558 bits per heavy atom. The number of pyridine rings is 1. The lowest BCUT2D eigenvalue weighted by Crippen LogP contribution is -1.97. The van der Waals surface area contributed by atoms with Gasteiger partial charge in [0.1, 0.15) is 0 Å². The third kappa shape index (κ3) is 5.37. The molecule has 0 atom stereocenters. The van der Waals surface area contributed by atoms with E-state index in [-0.39, 0.29) is 0 Å². The van der Waals surface area contributed by atoms with Crippen molar-refractivity contribution in [2.45, 2.75) is 6.54 Å². The minimum atomic E-state index is 0.541. The Morgan fingerprint density at radius 3 is 1.81 bits per heavy atom. The van der Waals surface area contributed by atoms with E-state index in [1.807, 2.05) is 42.6 Å². The third-order valence-electron chi connectivity index (χ3n) is 7.90. The molecule has 0 N–H and O–H groups in total. The van der Waals surface area contributed by atoms with Gasteiger partial charge in [0.15, 0.2) is 5.84 Å². The van der Waals surface area contributed by atoms with Crippen molar-refractivity contribution in [3.8, 4) is 33.4 Å². The molecular weight excluding hydrogens is 522 g/mol. The summed E-state index contributed by atoms with van der Waals surface area (Å²) < 4.78 is 0. The largest absolute Gasteiger partial charge is 0.261 e. The monoisotopic (exact) mass is 551 g/mol. The molecule has 3 nitrogen and oxygen atoms in total. The van der Waals surface area contributed by atoms with Crippen molar-refractivity contribution in [1.29, 1.82) is 0 Å². The molecule has 204 valence electrons. The molecule has 0 fully saturated rings. The maximum absolute atomic E-state index is 4.73. The number of hydrogen-bond acceptors (Lipinski definition) is 2. The van der Waals surface area contributed by atoms with Crippen molar-refractivity contribution < 1.29 is 0 Å². The van der Waals surface area contributed by atoms with Crippen LogP contribution in [-0.2, 0) is 6.54 Å². The van der Waals surface area contributed by atoms with E-state index in [0.717, 1.165) is 22.0 Å². The first-order valence-corrected chi connectivity index (χ1v) is 14.4. The van der Waals surface area contributed by atoms with Crippen LogP contribution < -0.4 is 0 Å². The molecule has 0 radical (unpaired) electrons. The SMILES string of the molecule is C=NC(=NCc1ccc(-c2cc3ccccc3cc2-c2ccc(-c3cccc4ncccc34)cc2)cc1)c1ccccc1. The lowest BCUT2D eigenvalue weighted by Gasteiger charge is -2.14. The van der Waals surface area contributed by atoms with E-state index in [1.165, 1.54) is 44.2 Å². The number of fused-ring (bicyclic) bond motifs is 2. The van der Waals surface area contributed by atoms with Gasteiger partial charge in [-0.05, 0) is 80.7 Å². The molecule has 3 heteroatoms. The Kier molecular flexibility index (Phi) is 7.12. The molecule has 43 heavy (non-hydrogen) atoms. The zero-order valence-corrected chi connectivity index (χ0v) is 23.7. The van der Waals surface area contributed by atoms with Crippen LogP contribution in [0.1, 0.15) is 11.1 Å². The van der Waals surface area contributed by atoms with Crippen molar-refractivity contribution in [1.82, 2.24) is 4.98 Å². The molecule has 0 amide bonds. The molecule has 0 aliphatic heterocycles. The van der Waals surface area contributed by atoms with E-state index in [2.05, 4.69) is 126 Å². The van der Waals surface area contributed by atoms with Gasteiger partial charge in [0.2, 0.25) is 0 Å². The van der Waals surface area contributed by atoms with Gasteiger partial charge in [-0.1, -0.05) is 121 Å². The summed E-state index contributed by atoms with van der Waals surface area (Å²) in [4.78, 5) is 13.4. The highest BCUT2D eigenvalue weighted by atomic mass is 14.9. The minimum Gasteiger partial charge on any atom is -0.261 e. The van der Waals surface area contributed by atoms with Crippen molar-refractivity contribution >= 4 is 34.2 Å². The first kappa shape index (κ1) is 26.2. The van der Waals surface area contributed by atoms with E-state index in [9.17, 15) is 0 Å². The Balaban J connectivity index is 1.24. The molecule has 0 saturated carbocycles. The van der Waals surface area contributed by atoms with Gasteiger partial charge in [-0.25, -0.2) is 4.99 Å². The topological polar surface area (TPSA) is 37.6 Å². The molecule has 0 saturated heterocycles. The minimum absolute atomic E-state index is 0.541. The highest BCUT2D eigenvalue weighted by molar-refractivity contribution is 6.01. The molecule has 0 spiro atoms. The summed E-state index contributed by atoms with van der Waals surface area (Å²) in [5.74, 6) is 0.657. The van der Waals surface area contributed by atoms with Crippen LogP contribution in [0, 0.1) is 0 Å². The Hall–Kier alpha value is -5.67. The van der Waals surface area contributed by atoms with Gasteiger partial charge >= 0.3 is 0 Å². The predicted octanol–water partition coefficient (Wildman–Crippen LogP) is 10.0. The van der Waals surface area contributed by atoms with E-state index < -0.39 is 0 Å². The molecule has 7 rings (SSSR count). The highest BCUT2D eigenvalue weighted by Crippen LogP contribution is 2.37. The van der Waals surface area contributed by atoms with Crippen molar-refractivity contribution in [2.24, 2.45) is 9.98 Å². The zero-order valence-electron chi connectivity index (χ0n) is 23.7. The zero-order chi connectivity index (χ0) is 29.0. The van der Waals surface area contributed by atoms with Crippen LogP contribution in [0.2, 0.25) is 0 Å². The number of amidine groups is 1. The van der Waals surface area contributed by atoms with Crippen LogP contribution in [0.25, 0.3) is 55.1 Å². The first-order chi connectivity index (χ1) is 21.3. The molecular formula is C40H29N3. The second-order valence-electron chi connectivity index (χ2n) is 10.6. The number of hydrogen-bond donors (Lipinski definition) is 0. The number of aliphatic imine (C=N–C) groups is 2. The highest BCUT2D eigenvalue weighted by Gasteiger charge is 2.12. The quantitative estimate of drug-likeness (QED) is 0.150. The Morgan fingerprint density at radius 2 is 1.16 bits per heavy atom. The fraction of sp³-hybridized carbons (Fsp3) is 0.0250. The molecule has 7 aromatic rings. The second-order valence-corrected chi connectivity index (χ2v) is 10.6. The van der Waals surface area contributed by atoms with E-state index in [0.29, 0.717) is 12.4 Å². The summed E-state index contributed by atoms with van der Waals surface area (Å²) in [5, 5.41) is 3.61. The summed E-state index contributed by atoms with van der Waals surface area (Å²) in [7, 11) is 0. The maximum Gasteiger partial charge on any atom is 0.154 e. The number of nitrogens with zero attached hydrogens (tertiary/aromatic N) is 3. The van der Waals surface area contributed by atoms with Gasteiger partial charge in [0, 0.05) is 17.1 Å².